The monoisotopic (exact) mass is 230 g/mol. The number of aryl methyl sites for hydroxylation is 1. The Hall–Kier alpha value is -0.563. The summed E-state index contributed by atoms with van der Waals surface area (Å²) in [5, 5.41) is 0.639. The minimum absolute atomic E-state index is 0.639. The average Bonchev–Trinajstić information content (AvgIpc) is 2.92. The molecule has 1 heteroatoms. The van der Waals surface area contributed by atoms with Crippen LogP contribution in [0.2, 0.25) is 19.6 Å². The van der Waals surface area contributed by atoms with Crippen molar-refractivity contribution in [3.8, 4) is 0 Å². The van der Waals surface area contributed by atoms with Crippen molar-refractivity contribution in [3.05, 3.63) is 35.4 Å². The zero-order chi connectivity index (χ0) is 11.4. The van der Waals surface area contributed by atoms with Crippen LogP contribution >= 0.6 is 0 Å². The Kier molecular flexibility index (Phi) is 2.13. The largest absolute Gasteiger partial charge is 0.0689 e. The molecule has 2 atom stereocenters. The third-order valence-corrected chi connectivity index (χ3v) is 8.50. The van der Waals surface area contributed by atoms with E-state index >= 15 is 0 Å². The summed E-state index contributed by atoms with van der Waals surface area (Å²) in [6, 6.07) is 9.28. The van der Waals surface area contributed by atoms with Crippen LogP contribution in [-0.2, 0) is 11.5 Å². The van der Waals surface area contributed by atoms with Crippen LogP contribution in [0, 0.1) is 5.92 Å². The summed E-state index contributed by atoms with van der Waals surface area (Å²) < 4.78 is 0. The van der Waals surface area contributed by atoms with Crippen molar-refractivity contribution in [3.63, 3.8) is 0 Å². The zero-order valence-electron chi connectivity index (χ0n) is 10.7. The van der Waals surface area contributed by atoms with Crippen LogP contribution < -0.4 is 0 Å². The van der Waals surface area contributed by atoms with Crippen molar-refractivity contribution in [2.24, 2.45) is 5.92 Å². The molecule has 0 nitrogen and oxygen atoms in total. The maximum Gasteiger partial charge on any atom is 0.0560 e. The predicted octanol–water partition coefficient (Wildman–Crippen LogP) is 4.16. The van der Waals surface area contributed by atoms with E-state index in [4.69, 9.17) is 0 Å². The molecule has 16 heavy (non-hydrogen) atoms. The van der Waals surface area contributed by atoms with Gasteiger partial charge in [0.25, 0.3) is 0 Å². The lowest BCUT2D eigenvalue weighted by Gasteiger charge is -2.32. The average molecular weight is 230 g/mol. The van der Waals surface area contributed by atoms with E-state index in [1.165, 1.54) is 25.7 Å². The Labute approximate surface area is 100 Å². The molecular formula is C15H22Si. The van der Waals surface area contributed by atoms with E-state index in [-0.39, 0.29) is 0 Å². The van der Waals surface area contributed by atoms with Gasteiger partial charge in [-0.2, -0.15) is 0 Å². The molecule has 1 aromatic carbocycles. The summed E-state index contributed by atoms with van der Waals surface area (Å²) in [5.74, 6) is 1.02. The SMILES string of the molecule is C[Si](C)(C)C12CC1CCCc1ccccc12. The van der Waals surface area contributed by atoms with Gasteiger partial charge in [0.05, 0.1) is 8.07 Å². The van der Waals surface area contributed by atoms with Gasteiger partial charge in [0.2, 0.25) is 0 Å². The fourth-order valence-electron chi connectivity index (χ4n) is 4.04. The fraction of sp³-hybridized carbons (Fsp3) is 0.600. The Balaban J connectivity index is 2.16. The summed E-state index contributed by atoms with van der Waals surface area (Å²) in [4.78, 5) is 0. The molecule has 0 aromatic heterocycles. The molecule has 0 saturated heterocycles. The van der Waals surface area contributed by atoms with Crippen molar-refractivity contribution >= 4 is 8.07 Å². The molecule has 2 aliphatic rings. The van der Waals surface area contributed by atoms with Crippen LogP contribution in [0.15, 0.2) is 24.3 Å². The molecule has 0 N–H and O–H groups in total. The van der Waals surface area contributed by atoms with Gasteiger partial charge in [-0.3, -0.25) is 0 Å². The Morgan fingerprint density at radius 1 is 1.19 bits per heavy atom. The first-order chi connectivity index (χ1) is 7.56. The maximum atomic E-state index is 2.56. The van der Waals surface area contributed by atoms with E-state index in [0.29, 0.717) is 5.04 Å². The second-order valence-electron chi connectivity index (χ2n) is 6.67. The zero-order valence-corrected chi connectivity index (χ0v) is 11.7. The third kappa shape index (κ3) is 1.27. The Morgan fingerprint density at radius 3 is 2.69 bits per heavy atom. The van der Waals surface area contributed by atoms with Gasteiger partial charge >= 0.3 is 0 Å². The number of fused-ring (bicyclic) bond motifs is 3. The molecule has 0 aliphatic heterocycles. The first-order valence-electron chi connectivity index (χ1n) is 6.64. The summed E-state index contributed by atoms with van der Waals surface area (Å²) in [6.45, 7) is 7.69. The highest BCUT2D eigenvalue weighted by Crippen LogP contribution is 2.63. The van der Waals surface area contributed by atoms with Gasteiger partial charge < -0.3 is 0 Å². The van der Waals surface area contributed by atoms with Crippen molar-refractivity contribution in [1.29, 1.82) is 0 Å². The molecule has 0 bridgehead atoms. The van der Waals surface area contributed by atoms with E-state index in [2.05, 4.69) is 43.9 Å². The van der Waals surface area contributed by atoms with Gasteiger partial charge in [-0.15, -0.1) is 0 Å². The molecule has 3 rings (SSSR count). The number of rotatable bonds is 1. The second kappa shape index (κ2) is 3.22. The molecule has 2 aliphatic carbocycles. The standard InChI is InChI=1S/C15H22Si/c1-16(2,3)15-11-13(15)9-6-8-12-7-4-5-10-14(12)15/h4-5,7,10,13H,6,8-9,11H2,1-3H3. The van der Waals surface area contributed by atoms with Crippen molar-refractivity contribution in [2.75, 3.05) is 0 Å². The fourth-order valence-corrected chi connectivity index (χ4v) is 7.32. The summed E-state index contributed by atoms with van der Waals surface area (Å²) >= 11 is 0. The first kappa shape index (κ1) is 10.6. The lowest BCUT2D eigenvalue weighted by atomic mass is 10.0. The molecule has 1 fully saturated rings. The topological polar surface area (TPSA) is 0 Å². The van der Waals surface area contributed by atoms with E-state index in [0.717, 1.165) is 5.92 Å². The minimum atomic E-state index is -1.09. The lowest BCUT2D eigenvalue weighted by molar-refractivity contribution is 0.653. The molecule has 86 valence electrons. The number of hydrogen-bond donors (Lipinski definition) is 0. The predicted molar refractivity (Wildman–Crippen MR) is 72.5 cm³/mol. The van der Waals surface area contributed by atoms with Gasteiger partial charge in [0, 0.05) is 0 Å². The second-order valence-corrected chi connectivity index (χ2v) is 12.1. The number of benzene rings is 1. The molecule has 0 spiro atoms. The normalized spacial score (nSPS) is 32.6. The minimum Gasteiger partial charge on any atom is -0.0689 e. The first-order valence-corrected chi connectivity index (χ1v) is 10.1. The Bertz CT molecular complexity index is 416. The van der Waals surface area contributed by atoms with Gasteiger partial charge in [0.15, 0.2) is 0 Å². The van der Waals surface area contributed by atoms with Gasteiger partial charge in [-0.05, 0) is 47.8 Å². The molecular weight excluding hydrogens is 208 g/mol. The van der Waals surface area contributed by atoms with Gasteiger partial charge in [-0.25, -0.2) is 0 Å². The van der Waals surface area contributed by atoms with E-state index < -0.39 is 8.07 Å². The molecule has 0 radical (unpaired) electrons. The summed E-state index contributed by atoms with van der Waals surface area (Å²) in [7, 11) is -1.09. The number of hydrogen-bond acceptors (Lipinski definition) is 0. The maximum absolute atomic E-state index is 2.56. The highest BCUT2D eigenvalue weighted by Gasteiger charge is 2.62. The van der Waals surface area contributed by atoms with Crippen molar-refractivity contribution < 1.29 is 0 Å². The highest BCUT2D eigenvalue weighted by atomic mass is 28.3. The quantitative estimate of drug-likeness (QED) is 0.636. The molecule has 2 unspecified atom stereocenters. The van der Waals surface area contributed by atoms with E-state index in [1.807, 2.05) is 0 Å². The molecule has 1 aromatic rings. The summed E-state index contributed by atoms with van der Waals surface area (Å²) in [5.41, 5.74) is 3.39. The van der Waals surface area contributed by atoms with Gasteiger partial charge in [0.1, 0.15) is 0 Å². The van der Waals surface area contributed by atoms with Crippen LogP contribution in [-0.4, -0.2) is 8.07 Å². The summed E-state index contributed by atoms with van der Waals surface area (Å²) in [6.07, 6.45) is 5.69. The molecule has 1 saturated carbocycles. The van der Waals surface area contributed by atoms with E-state index in [9.17, 15) is 0 Å². The molecule has 0 heterocycles. The van der Waals surface area contributed by atoms with Crippen LogP contribution in [0.1, 0.15) is 30.4 Å². The van der Waals surface area contributed by atoms with Crippen LogP contribution in [0.25, 0.3) is 0 Å². The lowest BCUT2D eigenvalue weighted by Crippen LogP contribution is -2.40. The van der Waals surface area contributed by atoms with Crippen LogP contribution in [0.4, 0.5) is 0 Å². The van der Waals surface area contributed by atoms with Crippen molar-refractivity contribution in [1.82, 2.24) is 0 Å². The van der Waals surface area contributed by atoms with Crippen LogP contribution in [0.3, 0.4) is 0 Å². The van der Waals surface area contributed by atoms with E-state index in [1.54, 1.807) is 11.1 Å². The van der Waals surface area contributed by atoms with Crippen molar-refractivity contribution in [2.45, 2.75) is 50.4 Å². The van der Waals surface area contributed by atoms with Crippen LogP contribution in [0.5, 0.6) is 0 Å². The van der Waals surface area contributed by atoms with Gasteiger partial charge in [-0.1, -0.05) is 43.9 Å². The molecule has 0 amide bonds. The smallest absolute Gasteiger partial charge is 0.0560 e. The third-order valence-electron chi connectivity index (χ3n) is 4.94. The highest BCUT2D eigenvalue weighted by molar-refractivity contribution is 6.80. The Morgan fingerprint density at radius 2 is 1.94 bits per heavy atom.